The van der Waals surface area contributed by atoms with E-state index < -0.39 is 0 Å². The van der Waals surface area contributed by atoms with E-state index >= 15 is 0 Å². The Kier molecular flexibility index (Phi) is 6.03. The third-order valence-corrected chi connectivity index (χ3v) is 9.81. The zero-order valence-electron chi connectivity index (χ0n) is 24.3. The van der Waals surface area contributed by atoms with Gasteiger partial charge < -0.3 is 0 Å². The highest BCUT2D eigenvalue weighted by Gasteiger charge is 2.13. The van der Waals surface area contributed by atoms with Crippen molar-refractivity contribution in [1.82, 2.24) is 9.97 Å². The normalized spacial score (nSPS) is 11.6. The molecule has 0 saturated heterocycles. The molecule has 210 valence electrons. The van der Waals surface area contributed by atoms with Crippen molar-refractivity contribution < 1.29 is 0 Å². The fraction of sp³-hybridized carbons (Fsp3) is 0. The van der Waals surface area contributed by atoms with E-state index in [2.05, 4.69) is 133 Å². The van der Waals surface area contributed by atoms with Gasteiger partial charge in [0.05, 0.1) is 11.4 Å². The molecule has 0 aliphatic heterocycles. The molecule has 9 aromatic rings. The van der Waals surface area contributed by atoms with Gasteiger partial charge in [-0.05, 0) is 63.0 Å². The van der Waals surface area contributed by atoms with E-state index in [9.17, 15) is 0 Å². The first-order valence-corrected chi connectivity index (χ1v) is 16.0. The molecule has 7 aromatic carbocycles. The van der Waals surface area contributed by atoms with Gasteiger partial charge in [-0.2, -0.15) is 0 Å². The second-order valence-electron chi connectivity index (χ2n) is 11.4. The molecule has 0 amide bonds. The predicted octanol–water partition coefficient (Wildman–Crippen LogP) is 11.8. The van der Waals surface area contributed by atoms with Crippen LogP contribution in [-0.2, 0) is 0 Å². The van der Waals surface area contributed by atoms with Crippen molar-refractivity contribution in [1.29, 1.82) is 0 Å². The Hall–Kier alpha value is -5.64. The number of hydrogen-bond acceptors (Lipinski definition) is 3. The lowest BCUT2D eigenvalue weighted by Crippen LogP contribution is -1.95. The smallest absolute Gasteiger partial charge is 0.160 e. The maximum Gasteiger partial charge on any atom is 0.160 e. The van der Waals surface area contributed by atoms with Crippen molar-refractivity contribution in [3.05, 3.63) is 158 Å². The number of nitrogens with zero attached hydrogens (tertiary/aromatic N) is 2. The molecule has 0 radical (unpaired) electrons. The summed E-state index contributed by atoms with van der Waals surface area (Å²) in [5.41, 5.74) is 7.49. The summed E-state index contributed by atoms with van der Waals surface area (Å²) in [6, 6.07) is 56.2. The fourth-order valence-electron chi connectivity index (χ4n) is 6.38. The Morgan fingerprint density at radius 2 is 0.956 bits per heavy atom. The zero-order chi connectivity index (χ0) is 29.7. The van der Waals surface area contributed by atoms with Gasteiger partial charge in [0.2, 0.25) is 0 Å². The van der Waals surface area contributed by atoms with Crippen molar-refractivity contribution in [2.45, 2.75) is 0 Å². The Morgan fingerprint density at radius 1 is 0.333 bits per heavy atom. The molecule has 2 nitrogen and oxygen atoms in total. The summed E-state index contributed by atoms with van der Waals surface area (Å²) in [5, 5.41) is 7.66. The van der Waals surface area contributed by atoms with Crippen molar-refractivity contribution in [3.63, 3.8) is 0 Å². The predicted molar refractivity (Wildman–Crippen MR) is 192 cm³/mol. The van der Waals surface area contributed by atoms with E-state index in [0.717, 1.165) is 33.9 Å². The second-order valence-corrected chi connectivity index (χ2v) is 12.5. The van der Waals surface area contributed by atoms with E-state index in [-0.39, 0.29) is 0 Å². The summed E-state index contributed by atoms with van der Waals surface area (Å²) in [7, 11) is 0. The maximum atomic E-state index is 5.06. The van der Waals surface area contributed by atoms with Crippen LogP contribution in [0.5, 0.6) is 0 Å². The monoisotopic (exact) mass is 590 g/mol. The van der Waals surface area contributed by atoms with Gasteiger partial charge in [-0.3, -0.25) is 0 Å². The van der Waals surface area contributed by atoms with E-state index in [1.807, 2.05) is 35.6 Å². The molecule has 0 bridgehead atoms. The molecule has 0 fully saturated rings. The minimum absolute atomic E-state index is 0.732. The molecule has 3 heteroatoms. The van der Waals surface area contributed by atoms with Gasteiger partial charge in [0.25, 0.3) is 0 Å². The quantitative estimate of drug-likeness (QED) is 0.191. The van der Waals surface area contributed by atoms with Crippen molar-refractivity contribution in [3.8, 4) is 45.0 Å². The van der Waals surface area contributed by atoms with Crippen molar-refractivity contribution >= 4 is 53.1 Å². The molecule has 9 rings (SSSR count). The summed E-state index contributed by atoms with van der Waals surface area (Å²) in [6.07, 6.45) is 0. The lowest BCUT2D eigenvalue weighted by atomic mass is 9.97. The van der Waals surface area contributed by atoms with Gasteiger partial charge in [0.15, 0.2) is 5.82 Å². The lowest BCUT2D eigenvalue weighted by Gasteiger charge is -2.09. The Bertz CT molecular complexity index is 2470. The third kappa shape index (κ3) is 4.57. The minimum Gasteiger partial charge on any atom is -0.228 e. The fourth-order valence-corrected chi connectivity index (χ4v) is 7.50. The molecule has 0 spiro atoms. The number of aromatic nitrogens is 2. The van der Waals surface area contributed by atoms with Crippen LogP contribution in [-0.4, -0.2) is 9.97 Å². The summed E-state index contributed by atoms with van der Waals surface area (Å²) >= 11 is 1.85. The molecule has 2 aromatic heterocycles. The van der Waals surface area contributed by atoms with Crippen molar-refractivity contribution in [2.75, 3.05) is 0 Å². The van der Waals surface area contributed by atoms with Gasteiger partial charge in [-0.1, -0.05) is 127 Å². The average Bonchev–Trinajstić information content (AvgIpc) is 3.49. The highest BCUT2D eigenvalue weighted by atomic mass is 32.1. The number of fused-ring (bicyclic) bond motifs is 6. The summed E-state index contributed by atoms with van der Waals surface area (Å²) in [4.78, 5) is 10.0. The summed E-state index contributed by atoms with van der Waals surface area (Å²) in [6.45, 7) is 0. The van der Waals surface area contributed by atoms with Crippen LogP contribution in [0, 0.1) is 0 Å². The van der Waals surface area contributed by atoms with Gasteiger partial charge in [0.1, 0.15) is 0 Å². The molecular weight excluding hydrogens is 565 g/mol. The molecule has 0 unspecified atom stereocenters. The Morgan fingerprint density at radius 3 is 1.78 bits per heavy atom. The van der Waals surface area contributed by atoms with Gasteiger partial charge in [-0.25, -0.2) is 9.97 Å². The van der Waals surface area contributed by atoms with Gasteiger partial charge >= 0.3 is 0 Å². The van der Waals surface area contributed by atoms with E-state index in [1.165, 1.54) is 52.8 Å². The first kappa shape index (κ1) is 25.8. The van der Waals surface area contributed by atoms with Crippen LogP contribution in [0.3, 0.4) is 0 Å². The molecule has 0 atom stereocenters. The maximum absolute atomic E-state index is 5.06. The number of hydrogen-bond donors (Lipinski definition) is 0. The largest absolute Gasteiger partial charge is 0.228 e. The first-order valence-electron chi connectivity index (χ1n) is 15.2. The van der Waals surface area contributed by atoms with Crippen LogP contribution in [0.4, 0.5) is 0 Å². The Labute approximate surface area is 264 Å². The topological polar surface area (TPSA) is 25.8 Å². The molecule has 2 heterocycles. The highest BCUT2D eigenvalue weighted by molar-refractivity contribution is 7.25. The summed E-state index contributed by atoms with van der Waals surface area (Å²) in [5.74, 6) is 0.732. The standard InChI is InChI=1S/C42H26N2S/c1-3-10-28(11-4-1)38-26-39(44-42(43-38)29-12-5-2-6-13-29)33-19-22-40-37(24-33)36-21-18-31(25-41(36)45-40)30-17-20-35-32(23-30)16-15-27-9-7-8-14-34(27)35/h1-26H. The van der Waals surface area contributed by atoms with Crippen LogP contribution in [0.25, 0.3) is 86.7 Å². The van der Waals surface area contributed by atoms with Crippen LogP contribution >= 0.6 is 11.3 Å². The van der Waals surface area contributed by atoms with E-state index in [0.29, 0.717) is 0 Å². The van der Waals surface area contributed by atoms with Gasteiger partial charge in [0, 0.05) is 36.9 Å². The summed E-state index contributed by atoms with van der Waals surface area (Å²) < 4.78 is 2.56. The number of rotatable bonds is 4. The Balaban J connectivity index is 1.14. The average molecular weight is 591 g/mol. The SMILES string of the molecule is c1ccc(-c2cc(-c3ccc4sc5cc(-c6ccc7c(ccc8ccccc87)c6)ccc5c4c3)nc(-c3ccccc3)n2)cc1. The second kappa shape index (κ2) is 10.5. The molecule has 0 aliphatic rings. The van der Waals surface area contributed by atoms with E-state index in [4.69, 9.17) is 9.97 Å². The highest BCUT2D eigenvalue weighted by Crippen LogP contribution is 2.39. The first-order chi connectivity index (χ1) is 22.3. The molecule has 0 saturated carbocycles. The zero-order valence-corrected chi connectivity index (χ0v) is 25.1. The minimum atomic E-state index is 0.732. The van der Waals surface area contributed by atoms with E-state index in [1.54, 1.807) is 0 Å². The molecule has 45 heavy (non-hydrogen) atoms. The third-order valence-electron chi connectivity index (χ3n) is 8.67. The van der Waals surface area contributed by atoms with Gasteiger partial charge in [-0.15, -0.1) is 11.3 Å². The number of thiophene rings is 1. The molecular formula is C42H26N2S. The molecule has 0 aliphatic carbocycles. The number of benzene rings is 7. The lowest BCUT2D eigenvalue weighted by molar-refractivity contribution is 1.18. The van der Waals surface area contributed by atoms with Crippen LogP contribution in [0.15, 0.2) is 158 Å². The van der Waals surface area contributed by atoms with Crippen molar-refractivity contribution in [2.24, 2.45) is 0 Å². The van der Waals surface area contributed by atoms with Crippen LogP contribution in [0.1, 0.15) is 0 Å². The molecule has 0 N–H and O–H groups in total. The van der Waals surface area contributed by atoms with Crippen LogP contribution < -0.4 is 0 Å². The van der Waals surface area contributed by atoms with Crippen LogP contribution in [0.2, 0.25) is 0 Å².